The smallest absolute Gasteiger partial charge is 0.277 e. The molecule has 0 atom stereocenters. The summed E-state index contributed by atoms with van der Waals surface area (Å²) in [6, 6.07) is 13.6. The first-order chi connectivity index (χ1) is 13.2. The quantitative estimate of drug-likeness (QED) is 0.252. The van der Waals surface area contributed by atoms with Crippen LogP contribution >= 0.6 is 11.8 Å². The van der Waals surface area contributed by atoms with Crippen molar-refractivity contribution in [3.05, 3.63) is 69.8 Å². The number of hydrogen-bond donors (Lipinski definition) is 0. The van der Waals surface area contributed by atoms with Gasteiger partial charge in [-0.2, -0.15) is 0 Å². The van der Waals surface area contributed by atoms with Crippen molar-refractivity contribution in [1.29, 1.82) is 0 Å². The summed E-state index contributed by atoms with van der Waals surface area (Å²) in [6.45, 7) is 6.42. The van der Waals surface area contributed by atoms with Crippen LogP contribution in [0.4, 0.5) is 5.69 Å². The topological polar surface area (TPSA) is 99.1 Å². The largest absolute Gasteiger partial charge is 0.411 e. The molecule has 3 aromatic rings. The van der Waals surface area contributed by atoms with Crippen LogP contribution in [0.15, 0.2) is 58.2 Å². The van der Waals surface area contributed by atoms with Gasteiger partial charge >= 0.3 is 0 Å². The zero-order valence-corrected chi connectivity index (χ0v) is 16.5. The second-order valence-electron chi connectivity index (χ2n) is 7.22. The van der Waals surface area contributed by atoms with E-state index in [9.17, 15) is 14.9 Å². The Morgan fingerprint density at radius 1 is 1.14 bits per heavy atom. The molecule has 0 spiro atoms. The molecule has 0 saturated heterocycles. The number of nitro groups is 1. The first-order valence-corrected chi connectivity index (χ1v) is 9.57. The van der Waals surface area contributed by atoms with Crippen LogP contribution < -0.4 is 0 Å². The number of carbonyl (C=O) groups excluding carboxylic acids is 1. The zero-order chi connectivity index (χ0) is 20.3. The van der Waals surface area contributed by atoms with Gasteiger partial charge in [-0.05, 0) is 23.1 Å². The van der Waals surface area contributed by atoms with E-state index in [4.69, 9.17) is 4.42 Å². The average molecular weight is 397 g/mol. The second kappa shape index (κ2) is 7.93. The molecule has 0 aliphatic rings. The molecule has 7 nitrogen and oxygen atoms in total. The highest BCUT2D eigenvalue weighted by Crippen LogP contribution is 2.27. The maximum atomic E-state index is 12.3. The van der Waals surface area contributed by atoms with Gasteiger partial charge in [-0.1, -0.05) is 56.8 Å². The van der Waals surface area contributed by atoms with Crippen LogP contribution in [0.5, 0.6) is 0 Å². The number of aromatic nitrogens is 2. The lowest BCUT2D eigenvalue weighted by Crippen LogP contribution is -2.10. The molecule has 0 fully saturated rings. The fourth-order valence-electron chi connectivity index (χ4n) is 2.50. The van der Waals surface area contributed by atoms with Crippen molar-refractivity contribution in [3.8, 4) is 11.5 Å². The molecule has 3 rings (SSSR count). The monoisotopic (exact) mass is 397 g/mol. The highest BCUT2D eigenvalue weighted by Gasteiger charge is 2.16. The first kappa shape index (κ1) is 19.8. The van der Waals surface area contributed by atoms with E-state index in [1.54, 1.807) is 6.07 Å². The molecular formula is C20H19N3O4S. The summed E-state index contributed by atoms with van der Waals surface area (Å²) in [5.74, 6) is 0.180. The van der Waals surface area contributed by atoms with Gasteiger partial charge in [0.1, 0.15) is 0 Å². The van der Waals surface area contributed by atoms with E-state index in [1.807, 2.05) is 24.3 Å². The predicted molar refractivity (Wildman–Crippen MR) is 107 cm³/mol. The molecule has 8 heteroatoms. The summed E-state index contributed by atoms with van der Waals surface area (Å²) < 4.78 is 5.62. The minimum absolute atomic E-state index is 0.0474. The molecule has 2 aromatic carbocycles. The van der Waals surface area contributed by atoms with Crippen LogP contribution in [0.2, 0.25) is 0 Å². The van der Waals surface area contributed by atoms with E-state index in [2.05, 4.69) is 31.0 Å². The highest BCUT2D eigenvalue weighted by molar-refractivity contribution is 7.99. The van der Waals surface area contributed by atoms with E-state index in [0.29, 0.717) is 5.89 Å². The van der Waals surface area contributed by atoms with Crippen molar-refractivity contribution in [2.45, 2.75) is 31.4 Å². The van der Waals surface area contributed by atoms with Gasteiger partial charge in [0.15, 0.2) is 5.78 Å². The molecule has 28 heavy (non-hydrogen) atoms. The third-order valence-corrected chi connectivity index (χ3v) is 4.93. The molecule has 0 saturated carbocycles. The van der Waals surface area contributed by atoms with Crippen molar-refractivity contribution in [2.24, 2.45) is 0 Å². The molecule has 1 aromatic heterocycles. The van der Waals surface area contributed by atoms with E-state index in [-0.39, 0.29) is 33.4 Å². The lowest BCUT2D eigenvalue weighted by molar-refractivity contribution is -0.384. The van der Waals surface area contributed by atoms with Gasteiger partial charge in [0, 0.05) is 23.3 Å². The Balaban J connectivity index is 1.66. The Hall–Kier alpha value is -3.00. The lowest BCUT2D eigenvalue weighted by atomic mass is 9.87. The molecule has 0 bridgehead atoms. The summed E-state index contributed by atoms with van der Waals surface area (Å²) in [4.78, 5) is 22.6. The van der Waals surface area contributed by atoms with Crippen molar-refractivity contribution >= 4 is 23.2 Å². The van der Waals surface area contributed by atoms with Crippen LogP contribution in [0.1, 0.15) is 36.7 Å². The third kappa shape index (κ3) is 4.64. The Labute approximate surface area is 166 Å². The van der Waals surface area contributed by atoms with Crippen molar-refractivity contribution in [3.63, 3.8) is 0 Å². The predicted octanol–water partition coefficient (Wildman–Crippen LogP) is 4.92. The van der Waals surface area contributed by atoms with Gasteiger partial charge in [-0.3, -0.25) is 14.9 Å². The number of carbonyl (C=O) groups is 1. The molecule has 0 unspecified atom stereocenters. The number of non-ortho nitro benzene ring substituents is 1. The first-order valence-electron chi connectivity index (χ1n) is 8.59. The maximum Gasteiger partial charge on any atom is 0.277 e. The molecule has 0 amide bonds. The van der Waals surface area contributed by atoms with Gasteiger partial charge in [0.25, 0.3) is 10.9 Å². The minimum Gasteiger partial charge on any atom is -0.411 e. The Morgan fingerprint density at radius 2 is 1.86 bits per heavy atom. The number of hydrogen-bond acceptors (Lipinski definition) is 7. The molecule has 0 N–H and O–H groups in total. The Bertz CT molecular complexity index is 1010. The van der Waals surface area contributed by atoms with Crippen molar-refractivity contribution < 1.29 is 14.1 Å². The van der Waals surface area contributed by atoms with E-state index in [1.165, 1.54) is 23.8 Å². The fraction of sp³-hybridized carbons (Fsp3) is 0.250. The summed E-state index contributed by atoms with van der Waals surface area (Å²) in [5, 5.41) is 19.1. The standard InChI is InChI=1S/C20H19N3O4S/c1-20(2,3)15-9-7-13(8-10-15)18-21-22-19(27-18)28-12-17(24)14-5-4-6-16(11-14)23(25)26/h4-11H,12H2,1-3H3. The SMILES string of the molecule is CC(C)(C)c1ccc(-c2nnc(SCC(=O)c3cccc([N+](=O)[O-])c3)o2)cc1. The van der Waals surface area contributed by atoms with Gasteiger partial charge in [0.05, 0.1) is 10.7 Å². The number of benzene rings is 2. The minimum atomic E-state index is -0.529. The fourth-order valence-corrected chi connectivity index (χ4v) is 3.16. The molecule has 0 aliphatic heterocycles. The zero-order valence-electron chi connectivity index (χ0n) is 15.7. The maximum absolute atomic E-state index is 12.3. The van der Waals surface area contributed by atoms with Gasteiger partial charge in [-0.25, -0.2) is 0 Å². The number of ketones is 1. The molecule has 144 valence electrons. The summed E-state index contributed by atoms with van der Waals surface area (Å²) in [6.07, 6.45) is 0. The summed E-state index contributed by atoms with van der Waals surface area (Å²) in [5.41, 5.74) is 2.22. The van der Waals surface area contributed by atoms with Crippen molar-refractivity contribution in [2.75, 3.05) is 5.75 Å². The summed E-state index contributed by atoms with van der Waals surface area (Å²) in [7, 11) is 0. The highest BCUT2D eigenvalue weighted by atomic mass is 32.2. The third-order valence-electron chi connectivity index (χ3n) is 4.11. The summed E-state index contributed by atoms with van der Waals surface area (Å²) >= 11 is 1.10. The number of nitro benzene ring substituents is 1. The van der Waals surface area contributed by atoms with Gasteiger partial charge < -0.3 is 4.42 Å². The normalized spacial score (nSPS) is 11.4. The van der Waals surface area contributed by atoms with Crippen LogP contribution in [0.25, 0.3) is 11.5 Å². The average Bonchev–Trinajstić information content (AvgIpc) is 3.14. The number of Topliss-reactive ketones (excluding diaryl/α,β-unsaturated/α-hetero) is 1. The van der Waals surface area contributed by atoms with Crippen LogP contribution in [-0.2, 0) is 5.41 Å². The number of nitrogens with zero attached hydrogens (tertiary/aromatic N) is 3. The van der Waals surface area contributed by atoms with Crippen molar-refractivity contribution in [1.82, 2.24) is 10.2 Å². The van der Waals surface area contributed by atoms with Crippen LogP contribution in [-0.4, -0.2) is 26.7 Å². The number of thioether (sulfide) groups is 1. The van der Waals surface area contributed by atoms with Gasteiger partial charge in [0.2, 0.25) is 5.89 Å². The molecule has 1 heterocycles. The molecule has 0 radical (unpaired) electrons. The Kier molecular flexibility index (Phi) is 5.60. The van der Waals surface area contributed by atoms with Crippen LogP contribution in [0, 0.1) is 10.1 Å². The second-order valence-corrected chi connectivity index (χ2v) is 8.15. The van der Waals surface area contributed by atoms with E-state index in [0.717, 1.165) is 17.3 Å². The van der Waals surface area contributed by atoms with Crippen LogP contribution in [0.3, 0.4) is 0 Å². The van der Waals surface area contributed by atoms with E-state index < -0.39 is 4.92 Å². The Morgan fingerprint density at radius 3 is 2.50 bits per heavy atom. The molecular weight excluding hydrogens is 378 g/mol. The van der Waals surface area contributed by atoms with E-state index >= 15 is 0 Å². The molecule has 0 aliphatic carbocycles. The number of rotatable bonds is 6. The van der Waals surface area contributed by atoms with Gasteiger partial charge in [-0.15, -0.1) is 10.2 Å². The lowest BCUT2D eigenvalue weighted by Gasteiger charge is -2.18.